The molecule has 6 heteroatoms. The maximum atomic E-state index is 13.2. The Morgan fingerprint density at radius 1 is 0.963 bits per heavy atom. The Balaban J connectivity index is 1.45. The zero-order chi connectivity index (χ0) is 18.9. The largest absolute Gasteiger partial charge is 0.493 e. The maximum Gasteiger partial charge on any atom is 0.243 e. The van der Waals surface area contributed by atoms with Gasteiger partial charge < -0.3 is 4.74 Å². The van der Waals surface area contributed by atoms with E-state index in [1.165, 1.54) is 47.8 Å². The summed E-state index contributed by atoms with van der Waals surface area (Å²) in [5, 5.41) is 0. The molecule has 0 N–H and O–H groups in total. The topological polar surface area (TPSA) is 46.6 Å². The van der Waals surface area contributed by atoms with E-state index in [1.54, 1.807) is 0 Å². The highest BCUT2D eigenvalue weighted by Crippen LogP contribution is 2.34. The van der Waals surface area contributed by atoms with Crippen molar-refractivity contribution in [3.63, 3.8) is 0 Å². The molecule has 2 aromatic rings. The second kappa shape index (κ2) is 7.60. The van der Waals surface area contributed by atoms with Gasteiger partial charge in [0.1, 0.15) is 11.6 Å². The lowest BCUT2D eigenvalue weighted by Gasteiger charge is -2.25. The molecule has 4 nitrogen and oxygen atoms in total. The number of hydrogen-bond donors (Lipinski definition) is 0. The van der Waals surface area contributed by atoms with Crippen molar-refractivity contribution in [1.82, 2.24) is 4.31 Å². The number of halogens is 1. The highest BCUT2D eigenvalue weighted by molar-refractivity contribution is 7.89. The fourth-order valence-corrected chi connectivity index (χ4v) is 4.93. The summed E-state index contributed by atoms with van der Waals surface area (Å²) in [6.07, 6.45) is 5.52. The average molecular weight is 389 g/mol. The summed E-state index contributed by atoms with van der Waals surface area (Å²) in [4.78, 5) is 0.135. The van der Waals surface area contributed by atoms with Crippen LogP contribution in [-0.4, -0.2) is 25.4 Å². The molecule has 4 rings (SSSR count). The van der Waals surface area contributed by atoms with Gasteiger partial charge in [-0.05, 0) is 73.6 Å². The first kappa shape index (κ1) is 18.4. The van der Waals surface area contributed by atoms with Crippen LogP contribution in [0.5, 0.6) is 5.75 Å². The molecule has 0 spiro atoms. The summed E-state index contributed by atoms with van der Waals surface area (Å²) in [6.45, 7) is 1.07. The van der Waals surface area contributed by atoms with Crippen molar-refractivity contribution in [2.24, 2.45) is 5.92 Å². The molecule has 2 aliphatic carbocycles. The smallest absolute Gasteiger partial charge is 0.243 e. The highest BCUT2D eigenvalue weighted by Gasteiger charge is 2.38. The number of benzene rings is 2. The van der Waals surface area contributed by atoms with Gasteiger partial charge in [0.15, 0.2) is 0 Å². The van der Waals surface area contributed by atoms with Gasteiger partial charge in [-0.15, -0.1) is 0 Å². The van der Waals surface area contributed by atoms with Crippen LogP contribution in [0.2, 0.25) is 0 Å². The molecular formula is C21H24FNO3S. The molecule has 27 heavy (non-hydrogen) atoms. The molecule has 144 valence electrons. The van der Waals surface area contributed by atoms with E-state index in [1.807, 2.05) is 24.3 Å². The molecule has 2 aliphatic rings. The van der Waals surface area contributed by atoms with Gasteiger partial charge in [-0.3, -0.25) is 0 Å². The van der Waals surface area contributed by atoms with Gasteiger partial charge in [-0.1, -0.05) is 18.6 Å². The maximum absolute atomic E-state index is 13.2. The minimum absolute atomic E-state index is 0.0228. The Bertz CT molecular complexity index is 873. The van der Waals surface area contributed by atoms with Crippen molar-refractivity contribution < 1.29 is 17.5 Å². The molecule has 2 saturated carbocycles. The standard InChI is InChI=1S/C21H24FNO3S/c22-18-6-12-21(13-7-18)27(24,25)23(19-8-9-19)14-16-4-10-20(11-5-16)26-15-17-2-1-3-17/h4-7,10-13,17,19H,1-3,8-9,14-15H2. The molecule has 0 saturated heterocycles. The Hall–Kier alpha value is -1.92. The first-order chi connectivity index (χ1) is 13.0. The predicted molar refractivity (Wildman–Crippen MR) is 101 cm³/mol. The summed E-state index contributed by atoms with van der Waals surface area (Å²) in [7, 11) is -3.64. The van der Waals surface area contributed by atoms with Crippen LogP contribution in [0.4, 0.5) is 4.39 Å². The summed E-state index contributed by atoms with van der Waals surface area (Å²) >= 11 is 0. The number of ether oxygens (including phenoxy) is 1. The lowest BCUT2D eigenvalue weighted by molar-refractivity contribution is 0.180. The molecule has 0 heterocycles. The fraction of sp³-hybridized carbons (Fsp3) is 0.429. The molecule has 0 radical (unpaired) electrons. The van der Waals surface area contributed by atoms with Crippen LogP contribution >= 0.6 is 0 Å². The number of sulfonamides is 1. The molecule has 0 aliphatic heterocycles. The normalized spacial score (nSPS) is 17.7. The Morgan fingerprint density at radius 3 is 2.19 bits per heavy atom. The first-order valence-electron chi connectivity index (χ1n) is 9.51. The van der Waals surface area contributed by atoms with Crippen LogP contribution in [0.15, 0.2) is 53.4 Å². The highest BCUT2D eigenvalue weighted by atomic mass is 32.2. The van der Waals surface area contributed by atoms with Crippen LogP contribution < -0.4 is 4.74 Å². The monoisotopic (exact) mass is 389 g/mol. The van der Waals surface area contributed by atoms with E-state index in [9.17, 15) is 12.8 Å². The lowest BCUT2D eigenvalue weighted by atomic mass is 9.86. The summed E-state index contributed by atoms with van der Waals surface area (Å²) in [6, 6.07) is 12.7. The third-order valence-electron chi connectivity index (χ3n) is 5.35. The zero-order valence-corrected chi connectivity index (χ0v) is 16.0. The van der Waals surface area contributed by atoms with Crippen LogP contribution in [0, 0.1) is 11.7 Å². The Kier molecular flexibility index (Phi) is 5.19. The van der Waals surface area contributed by atoms with Crippen molar-refractivity contribution >= 4 is 10.0 Å². The van der Waals surface area contributed by atoms with E-state index in [4.69, 9.17) is 4.74 Å². The third-order valence-corrected chi connectivity index (χ3v) is 7.26. The molecule has 2 aromatic carbocycles. The molecule has 0 unspecified atom stereocenters. The number of hydrogen-bond acceptors (Lipinski definition) is 3. The molecule has 2 fully saturated rings. The van der Waals surface area contributed by atoms with Crippen molar-refractivity contribution in [3.8, 4) is 5.75 Å². The van der Waals surface area contributed by atoms with Crippen LogP contribution in [0.1, 0.15) is 37.7 Å². The van der Waals surface area contributed by atoms with E-state index < -0.39 is 15.8 Å². The summed E-state index contributed by atoms with van der Waals surface area (Å²) in [5.74, 6) is 1.06. The third kappa shape index (κ3) is 4.33. The minimum atomic E-state index is -3.64. The van der Waals surface area contributed by atoms with Crippen LogP contribution in [0.3, 0.4) is 0 Å². The van der Waals surface area contributed by atoms with E-state index in [2.05, 4.69) is 0 Å². The second-order valence-electron chi connectivity index (χ2n) is 7.49. The van der Waals surface area contributed by atoms with Gasteiger partial charge in [0, 0.05) is 12.6 Å². The SMILES string of the molecule is O=S(=O)(c1ccc(F)cc1)N(Cc1ccc(OCC2CCC2)cc1)C1CC1. The molecular weight excluding hydrogens is 365 g/mol. The van der Waals surface area contributed by atoms with Crippen molar-refractivity contribution in [2.75, 3.05) is 6.61 Å². The Morgan fingerprint density at radius 2 is 1.63 bits per heavy atom. The summed E-state index contributed by atoms with van der Waals surface area (Å²) in [5.41, 5.74) is 0.920. The number of nitrogens with zero attached hydrogens (tertiary/aromatic N) is 1. The van der Waals surface area contributed by atoms with E-state index in [0.717, 1.165) is 30.8 Å². The first-order valence-corrected chi connectivity index (χ1v) is 11.0. The molecule has 0 amide bonds. The van der Waals surface area contributed by atoms with Gasteiger partial charge in [-0.2, -0.15) is 4.31 Å². The Labute approximate surface area is 160 Å². The van der Waals surface area contributed by atoms with Gasteiger partial charge in [0.05, 0.1) is 11.5 Å². The van der Waals surface area contributed by atoms with Crippen molar-refractivity contribution in [1.29, 1.82) is 0 Å². The molecule has 0 atom stereocenters. The van der Waals surface area contributed by atoms with Gasteiger partial charge in [-0.25, -0.2) is 12.8 Å². The van der Waals surface area contributed by atoms with E-state index >= 15 is 0 Å². The van der Waals surface area contributed by atoms with Crippen molar-refractivity contribution in [2.45, 2.75) is 49.6 Å². The van der Waals surface area contributed by atoms with E-state index in [-0.39, 0.29) is 10.9 Å². The average Bonchev–Trinajstić information content (AvgIpc) is 3.44. The van der Waals surface area contributed by atoms with Crippen LogP contribution in [-0.2, 0) is 16.6 Å². The predicted octanol–water partition coefficient (Wildman–Crippen LogP) is 4.36. The molecule has 0 bridgehead atoms. The second-order valence-corrected chi connectivity index (χ2v) is 9.38. The molecule has 0 aromatic heterocycles. The number of rotatable bonds is 8. The van der Waals surface area contributed by atoms with Crippen LogP contribution in [0.25, 0.3) is 0 Å². The van der Waals surface area contributed by atoms with E-state index in [0.29, 0.717) is 12.5 Å². The van der Waals surface area contributed by atoms with Gasteiger partial charge >= 0.3 is 0 Å². The minimum Gasteiger partial charge on any atom is -0.493 e. The van der Waals surface area contributed by atoms with Crippen molar-refractivity contribution in [3.05, 3.63) is 59.9 Å². The lowest BCUT2D eigenvalue weighted by Crippen LogP contribution is -2.32. The van der Waals surface area contributed by atoms with Gasteiger partial charge in [0.2, 0.25) is 10.0 Å². The quantitative estimate of drug-likeness (QED) is 0.674. The zero-order valence-electron chi connectivity index (χ0n) is 15.2. The summed E-state index contributed by atoms with van der Waals surface area (Å²) < 4.78 is 46.5. The van der Waals surface area contributed by atoms with Gasteiger partial charge in [0.25, 0.3) is 0 Å². The fourth-order valence-electron chi connectivity index (χ4n) is 3.26.